The molecule has 2 aromatic rings. The van der Waals surface area contributed by atoms with Gasteiger partial charge in [0.2, 0.25) is 0 Å². The molecule has 0 saturated heterocycles. The molecule has 0 atom stereocenters. The first-order valence-electron chi connectivity index (χ1n) is 4.76. The minimum Gasteiger partial charge on any atom is -0.237 e. The molecular weight excluding hydrogens is 323 g/mol. The topological polar surface area (TPSA) is 25.2 Å². The summed E-state index contributed by atoms with van der Waals surface area (Å²) in [6.07, 6.45) is 3.39. The summed E-state index contributed by atoms with van der Waals surface area (Å²) in [6, 6.07) is 9.04. The van der Waals surface area contributed by atoms with Crippen molar-refractivity contribution in [3.05, 3.63) is 56.6 Å². The molecule has 0 saturated carbocycles. The van der Waals surface area contributed by atoms with Gasteiger partial charge >= 0.3 is 0 Å². The molecule has 0 amide bonds. The Morgan fingerprint density at radius 3 is 2.59 bits per heavy atom. The maximum atomic E-state index is 5.90. The van der Waals surface area contributed by atoms with Gasteiger partial charge in [0.05, 0.1) is 10.0 Å². The van der Waals surface area contributed by atoms with Crippen molar-refractivity contribution < 1.29 is 0 Å². The molecule has 2 rings (SSSR count). The lowest BCUT2D eigenvalue weighted by Crippen LogP contribution is -1.81. The molecule has 0 aliphatic carbocycles. The zero-order valence-corrected chi connectivity index (χ0v) is 11.7. The van der Waals surface area contributed by atoms with Gasteiger partial charge in [0, 0.05) is 16.9 Å². The predicted molar refractivity (Wildman–Crippen MR) is 75.7 cm³/mol. The molecule has 1 aromatic carbocycles. The summed E-state index contributed by atoms with van der Waals surface area (Å²) in [5, 5.41) is 1.05. The molecule has 17 heavy (non-hydrogen) atoms. The quantitative estimate of drug-likeness (QED) is 0.719. The van der Waals surface area contributed by atoms with E-state index in [9.17, 15) is 0 Å². The Hall–Kier alpha value is -0.900. The first kappa shape index (κ1) is 12.6. The van der Waals surface area contributed by atoms with Gasteiger partial charge in [0.25, 0.3) is 0 Å². The van der Waals surface area contributed by atoms with Crippen LogP contribution in [0.4, 0.5) is 5.82 Å². The molecule has 0 aliphatic heterocycles. The zero-order chi connectivity index (χ0) is 12.3. The van der Waals surface area contributed by atoms with E-state index in [2.05, 4.69) is 25.9 Å². The van der Waals surface area contributed by atoms with Crippen LogP contribution in [0, 0.1) is 0 Å². The molecule has 0 fully saturated rings. The highest BCUT2D eigenvalue weighted by atomic mass is 79.9. The third-order valence-electron chi connectivity index (χ3n) is 2.00. The van der Waals surface area contributed by atoms with Gasteiger partial charge in [-0.1, -0.05) is 29.3 Å². The van der Waals surface area contributed by atoms with Crippen LogP contribution < -0.4 is 0 Å². The molecule has 2 nitrogen and oxygen atoms in total. The lowest BCUT2D eigenvalue weighted by molar-refractivity contribution is 1.26. The van der Waals surface area contributed by atoms with E-state index >= 15 is 0 Å². The van der Waals surface area contributed by atoms with E-state index in [0.29, 0.717) is 15.9 Å². The lowest BCUT2D eigenvalue weighted by Gasteiger charge is -1.97. The van der Waals surface area contributed by atoms with Crippen LogP contribution in [-0.2, 0) is 0 Å². The van der Waals surface area contributed by atoms with Gasteiger partial charge in [-0.05, 0) is 45.8 Å². The van der Waals surface area contributed by atoms with Crippen LogP contribution in [0.15, 0.2) is 46.0 Å². The van der Waals surface area contributed by atoms with Gasteiger partial charge in [0.15, 0.2) is 5.82 Å². The summed E-state index contributed by atoms with van der Waals surface area (Å²) >= 11 is 15.0. The summed E-state index contributed by atoms with van der Waals surface area (Å²) in [4.78, 5) is 8.36. The molecule has 0 spiro atoms. The van der Waals surface area contributed by atoms with Crippen molar-refractivity contribution in [2.75, 3.05) is 0 Å². The molecule has 5 heteroatoms. The Kier molecular flexibility index (Phi) is 4.15. The molecule has 0 bridgehead atoms. The molecular formula is C12H7BrCl2N2. The highest BCUT2D eigenvalue weighted by Gasteiger charge is 1.97. The fourth-order valence-corrected chi connectivity index (χ4v) is 1.72. The second-order valence-electron chi connectivity index (χ2n) is 3.27. The summed E-state index contributed by atoms with van der Waals surface area (Å²) in [5.41, 5.74) is 0.879. The minimum atomic E-state index is 0.513. The van der Waals surface area contributed by atoms with Crippen molar-refractivity contribution in [1.82, 2.24) is 4.98 Å². The minimum absolute atomic E-state index is 0.513. The van der Waals surface area contributed by atoms with Gasteiger partial charge in [-0.15, -0.1) is 0 Å². The number of aliphatic imine (C=N–C) groups is 1. The third kappa shape index (κ3) is 3.53. The number of hydrogen-bond acceptors (Lipinski definition) is 2. The Labute approximate surface area is 117 Å². The monoisotopic (exact) mass is 328 g/mol. The van der Waals surface area contributed by atoms with E-state index in [0.717, 1.165) is 10.0 Å². The molecule has 86 valence electrons. The fraction of sp³-hybridized carbons (Fsp3) is 0. The Bertz CT molecular complexity index is 553. The van der Waals surface area contributed by atoms with Gasteiger partial charge in [0.1, 0.15) is 0 Å². The predicted octanol–water partition coefficient (Wildman–Crippen LogP) is 4.90. The Morgan fingerprint density at radius 1 is 1.12 bits per heavy atom. The number of rotatable bonds is 2. The molecule has 1 heterocycles. The van der Waals surface area contributed by atoms with Gasteiger partial charge in [-0.3, -0.25) is 0 Å². The SMILES string of the molecule is Clc1ccc(/C=N/c2ccc(Br)cn2)cc1Cl. The molecule has 0 N–H and O–H groups in total. The van der Waals surface area contributed by atoms with Crippen LogP contribution in [0.5, 0.6) is 0 Å². The average Bonchev–Trinajstić information content (AvgIpc) is 2.33. The smallest absolute Gasteiger partial charge is 0.151 e. The van der Waals surface area contributed by atoms with Crippen LogP contribution >= 0.6 is 39.1 Å². The Balaban J connectivity index is 2.20. The fourth-order valence-electron chi connectivity index (χ4n) is 1.18. The van der Waals surface area contributed by atoms with E-state index in [1.807, 2.05) is 18.2 Å². The average molecular weight is 330 g/mol. The number of aromatic nitrogens is 1. The number of halogens is 3. The third-order valence-corrected chi connectivity index (χ3v) is 3.21. The van der Waals surface area contributed by atoms with Crippen LogP contribution in [0.1, 0.15) is 5.56 Å². The van der Waals surface area contributed by atoms with Crippen molar-refractivity contribution >= 4 is 51.2 Å². The highest BCUT2D eigenvalue weighted by molar-refractivity contribution is 9.10. The number of nitrogens with zero attached hydrogens (tertiary/aromatic N) is 2. The highest BCUT2D eigenvalue weighted by Crippen LogP contribution is 2.22. The van der Waals surface area contributed by atoms with Crippen molar-refractivity contribution in [3.63, 3.8) is 0 Å². The number of pyridine rings is 1. The summed E-state index contributed by atoms with van der Waals surface area (Å²) in [5.74, 6) is 0.638. The molecule has 1 aromatic heterocycles. The van der Waals surface area contributed by atoms with Crippen LogP contribution in [-0.4, -0.2) is 11.2 Å². The van der Waals surface area contributed by atoms with E-state index in [-0.39, 0.29) is 0 Å². The van der Waals surface area contributed by atoms with Crippen LogP contribution in [0.25, 0.3) is 0 Å². The maximum Gasteiger partial charge on any atom is 0.151 e. The van der Waals surface area contributed by atoms with Crippen LogP contribution in [0.2, 0.25) is 10.0 Å². The van der Waals surface area contributed by atoms with Crippen LogP contribution in [0.3, 0.4) is 0 Å². The van der Waals surface area contributed by atoms with E-state index < -0.39 is 0 Å². The zero-order valence-electron chi connectivity index (χ0n) is 8.57. The number of hydrogen-bond donors (Lipinski definition) is 0. The lowest BCUT2D eigenvalue weighted by atomic mass is 10.2. The summed E-state index contributed by atoms with van der Waals surface area (Å²) in [7, 11) is 0. The summed E-state index contributed by atoms with van der Waals surface area (Å²) in [6.45, 7) is 0. The van der Waals surface area contributed by atoms with Crippen molar-refractivity contribution in [1.29, 1.82) is 0 Å². The van der Waals surface area contributed by atoms with E-state index in [4.69, 9.17) is 23.2 Å². The first-order valence-corrected chi connectivity index (χ1v) is 6.31. The van der Waals surface area contributed by atoms with Gasteiger partial charge in [-0.25, -0.2) is 9.98 Å². The normalized spacial score (nSPS) is 11.0. The first-order chi connectivity index (χ1) is 8.15. The van der Waals surface area contributed by atoms with Gasteiger partial charge in [-0.2, -0.15) is 0 Å². The van der Waals surface area contributed by atoms with Crippen molar-refractivity contribution in [3.8, 4) is 0 Å². The second-order valence-corrected chi connectivity index (χ2v) is 5.00. The van der Waals surface area contributed by atoms with E-state index in [1.54, 1.807) is 24.5 Å². The largest absolute Gasteiger partial charge is 0.237 e. The van der Waals surface area contributed by atoms with E-state index in [1.165, 1.54) is 0 Å². The molecule has 0 aliphatic rings. The molecule has 0 radical (unpaired) electrons. The van der Waals surface area contributed by atoms with Gasteiger partial charge < -0.3 is 0 Å². The maximum absolute atomic E-state index is 5.90. The van der Waals surface area contributed by atoms with Crippen molar-refractivity contribution in [2.45, 2.75) is 0 Å². The van der Waals surface area contributed by atoms with Crippen molar-refractivity contribution in [2.24, 2.45) is 4.99 Å². The summed E-state index contributed by atoms with van der Waals surface area (Å²) < 4.78 is 0.922. The second kappa shape index (κ2) is 5.63. The molecule has 0 unspecified atom stereocenters. The number of benzene rings is 1. The standard InChI is InChI=1S/C12H7BrCl2N2/c13-9-2-4-12(17-7-9)16-6-8-1-3-10(14)11(15)5-8/h1-7H/b16-6+. The Morgan fingerprint density at radius 2 is 1.94 bits per heavy atom.